The average Bonchev–Trinajstić information content (AvgIpc) is 3.29. The minimum atomic E-state index is -0.575. The molecule has 0 spiro atoms. The molecule has 2 heterocycles. The number of methoxy groups -OCH3 is 2. The van der Waals surface area contributed by atoms with Gasteiger partial charge in [0.15, 0.2) is 11.4 Å². The summed E-state index contributed by atoms with van der Waals surface area (Å²) < 4.78 is 21.9. The summed E-state index contributed by atoms with van der Waals surface area (Å²) in [6.45, 7) is 7.05. The molecular formula is C23H30N6O5. The molecule has 34 heavy (non-hydrogen) atoms. The molecule has 182 valence electrons. The zero-order valence-corrected chi connectivity index (χ0v) is 20.2. The van der Waals surface area contributed by atoms with Crippen LogP contribution in [0.2, 0.25) is 0 Å². The van der Waals surface area contributed by atoms with E-state index in [0.717, 1.165) is 11.1 Å². The molecule has 2 aromatic heterocycles. The lowest BCUT2D eigenvalue weighted by atomic mass is 10.0. The number of likely N-dealkylation sites (N-methyl/N-ethyl adjacent to an activating group) is 1. The van der Waals surface area contributed by atoms with Crippen molar-refractivity contribution in [2.24, 2.45) is 5.73 Å². The summed E-state index contributed by atoms with van der Waals surface area (Å²) in [6.07, 6.45) is 1.15. The summed E-state index contributed by atoms with van der Waals surface area (Å²) in [5.41, 5.74) is 7.80. The van der Waals surface area contributed by atoms with Crippen molar-refractivity contribution in [1.29, 1.82) is 0 Å². The van der Waals surface area contributed by atoms with Crippen LogP contribution in [0.3, 0.4) is 0 Å². The lowest BCUT2D eigenvalue weighted by Crippen LogP contribution is -2.27. The number of hydrogen-bond acceptors (Lipinski definition) is 10. The highest BCUT2D eigenvalue weighted by atomic mass is 16.6. The molecule has 0 aliphatic carbocycles. The fourth-order valence-electron chi connectivity index (χ4n) is 3.04. The fourth-order valence-corrected chi connectivity index (χ4v) is 3.04. The van der Waals surface area contributed by atoms with Gasteiger partial charge >= 0.3 is 6.08 Å². The molecule has 0 unspecified atom stereocenters. The Labute approximate surface area is 198 Å². The predicted octanol–water partition coefficient (Wildman–Crippen LogP) is 3.35. The minimum absolute atomic E-state index is 0.00102. The molecule has 0 saturated heterocycles. The molecule has 3 N–H and O–H groups in total. The van der Waals surface area contributed by atoms with Gasteiger partial charge in [0.1, 0.15) is 12.0 Å². The first-order valence-electron chi connectivity index (χ1n) is 10.7. The van der Waals surface area contributed by atoms with Gasteiger partial charge in [-0.1, -0.05) is 26.0 Å². The SMILES string of the molecule is COc1nc(N(C)CCN)nc(OC)c1NC(=O)c1coc(Oc2cc(C(C)C)ccc2C)n1. The van der Waals surface area contributed by atoms with Crippen LogP contribution in [0.5, 0.6) is 23.6 Å². The van der Waals surface area contributed by atoms with Gasteiger partial charge in [0.25, 0.3) is 5.91 Å². The molecule has 0 aliphatic rings. The third-order valence-electron chi connectivity index (χ3n) is 5.05. The summed E-state index contributed by atoms with van der Waals surface area (Å²) in [7, 11) is 4.65. The van der Waals surface area contributed by atoms with Crippen LogP contribution in [0.25, 0.3) is 0 Å². The van der Waals surface area contributed by atoms with E-state index in [9.17, 15) is 4.79 Å². The van der Waals surface area contributed by atoms with Crippen LogP contribution < -0.4 is 30.2 Å². The summed E-state index contributed by atoms with van der Waals surface area (Å²) in [4.78, 5) is 27.4. The normalized spacial score (nSPS) is 10.8. The average molecular weight is 471 g/mol. The number of nitrogens with two attached hydrogens (primary N) is 1. The van der Waals surface area contributed by atoms with Gasteiger partial charge in [-0.05, 0) is 30.0 Å². The Kier molecular flexibility index (Phi) is 7.90. The van der Waals surface area contributed by atoms with Crippen LogP contribution >= 0.6 is 0 Å². The third kappa shape index (κ3) is 5.54. The zero-order chi connectivity index (χ0) is 24.8. The van der Waals surface area contributed by atoms with E-state index < -0.39 is 5.91 Å². The summed E-state index contributed by atoms with van der Waals surface area (Å²) in [6, 6.07) is 5.94. The number of nitrogens with one attached hydrogen (secondary N) is 1. The van der Waals surface area contributed by atoms with E-state index in [1.54, 1.807) is 11.9 Å². The van der Waals surface area contributed by atoms with E-state index in [-0.39, 0.29) is 29.2 Å². The van der Waals surface area contributed by atoms with Crippen molar-refractivity contribution in [2.45, 2.75) is 26.7 Å². The number of carbonyl (C=O) groups is 1. The first-order valence-corrected chi connectivity index (χ1v) is 10.7. The van der Waals surface area contributed by atoms with Gasteiger partial charge in [-0.25, -0.2) is 0 Å². The monoisotopic (exact) mass is 470 g/mol. The fraction of sp³-hybridized carbons (Fsp3) is 0.391. The summed E-state index contributed by atoms with van der Waals surface area (Å²) in [5.74, 6) is 0.958. The molecule has 0 atom stereocenters. The maximum atomic E-state index is 12.9. The Balaban J connectivity index is 1.81. The Morgan fingerprint density at radius 3 is 2.44 bits per heavy atom. The molecule has 0 fully saturated rings. The van der Waals surface area contributed by atoms with Crippen LogP contribution in [0, 0.1) is 6.92 Å². The number of aromatic nitrogens is 3. The van der Waals surface area contributed by atoms with Crippen molar-refractivity contribution in [3.63, 3.8) is 0 Å². The van der Waals surface area contributed by atoms with E-state index in [4.69, 9.17) is 24.4 Å². The molecule has 11 nitrogen and oxygen atoms in total. The van der Waals surface area contributed by atoms with Crippen molar-refractivity contribution in [1.82, 2.24) is 15.0 Å². The van der Waals surface area contributed by atoms with Gasteiger partial charge in [0, 0.05) is 20.1 Å². The van der Waals surface area contributed by atoms with E-state index in [1.165, 1.54) is 20.5 Å². The first-order chi connectivity index (χ1) is 16.3. The van der Waals surface area contributed by atoms with Gasteiger partial charge in [-0.3, -0.25) is 4.79 Å². The van der Waals surface area contributed by atoms with E-state index in [2.05, 4.69) is 34.1 Å². The van der Waals surface area contributed by atoms with Crippen LogP contribution in [0.1, 0.15) is 41.4 Å². The number of hydrogen-bond donors (Lipinski definition) is 2. The molecule has 0 aliphatic heterocycles. The highest BCUT2D eigenvalue weighted by Crippen LogP contribution is 2.34. The molecule has 1 aromatic carbocycles. The second-order valence-corrected chi connectivity index (χ2v) is 7.86. The Hall–Kier alpha value is -3.86. The molecule has 0 saturated carbocycles. The number of amides is 1. The van der Waals surface area contributed by atoms with Gasteiger partial charge in [-0.15, -0.1) is 0 Å². The summed E-state index contributed by atoms with van der Waals surface area (Å²) in [5, 5.41) is 2.67. The zero-order valence-electron chi connectivity index (χ0n) is 20.2. The molecule has 3 aromatic rings. The molecule has 11 heteroatoms. The largest absolute Gasteiger partial charge is 0.479 e. The van der Waals surface area contributed by atoms with Crippen molar-refractivity contribution < 1.29 is 23.4 Å². The van der Waals surface area contributed by atoms with Gasteiger partial charge < -0.3 is 34.6 Å². The Morgan fingerprint density at radius 1 is 1.18 bits per heavy atom. The number of ether oxygens (including phenoxy) is 3. The highest BCUT2D eigenvalue weighted by Gasteiger charge is 2.23. The molecular weight excluding hydrogens is 440 g/mol. The molecule has 0 radical (unpaired) electrons. The number of benzene rings is 1. The first kappa shape index (κ1) is 24.8. The molecule has 3 rings (SSSR count). The third-order valence-corrected chi connectivity index (χ3v) is 5.05. The van der Waals surface area contributed by atoms with Gasteiger partial charge in [0.2, 0.25) is 17.7 Å². The van der Waals surface area contributed by atoms with Crippen LogP contribution in [-0.4, -0.2) is 55.2 Å². The molecule has 0 bridgehead atoms. The number of anilines is 2. The molecule has 1 amide bonds. The van der Waals surface area contributed by atoms with E-state index >= 15 is 0 Å². The Morgan fingerprint density at radius 2 is 1.85 bits per heavy atom. The van der Waals surface area contributed by atoms with Gasteiger partial charge in [-0.2, -0.15) is 15.0 Å². The van der Waals surface area contributed by atoms with Crippen molar-refractivity contribution in [3.8, 4) is 23.6 Å². The maximum absolute atomic E-state index is 12.9. The topological polar surface area (TPSA) is 138 Å². The number of rotatable bonds is 10. The van der Waals surface area contributed by atoms with Crippen LogP contribution in [0.15, 0.2) is 28.9 Å². The lowest BCUT2D eigenvalue weighted by molar-refractivity contribution is 0.102. The predicted molar refractivity (Wildman–Crippen MR) is 127 cm³/mol. The van der Waals surface area contributed by atoms with Crippen LogP contribution in [-0.2, 0) is 0 Å². The highest BCUT2D eigenvalue weighted by molar-refractivity contribution is 6.04. The minimum Gasteiger partial charge on any atom is -0.479 e. The maximum Gasteiger partial charge on any atom is 0.399 e. The van der Waals surface area contributed by atoms with E-state index in [0.29, 0.717) is 30.7 Å². The van der Waals surface area contributed by atoms with Gasteiger partial charge in [0.05, 0.1) is 14.2 Å². The van der Waals surface area contributed by atoms with E-state index in [1.807, 2.05) is 25.1 Å². The second-order valence-electron chi connectivity index (χ2n) is 7.86. The number of aryl methyl sites for hydroxylation is 1. The van der Waals surface area contributed by atoms with Crippen LogP contribution in [0.4, 0.5) is 11.6 Å². The quantitative estimate of drug-likeness (QED) is 0.453. The number of carbonyl (C=O) groups excluding carboxylic acids is 1. The van der Waals surface area contributed by atoms with Crippen molar-refractivity contribution >= 4 is 17.5 Å². The van der Waals surface area contributed by atoms with Crippen molar-refractivity contribution in [3.05, 3.63) is 41.3 Å². The smallest absolute Gasteiger partial charge is 0.399 e. The Bertz CT molecular complexity index is 1120. The second kappa shape index (κ2) is 10.8. The standard InChI is InChI=1S/C23H30N6O5/c1-13(2)15-8-7-14(3)17(11-15)34-23-25-16(12-33-23)19(30)26-18-20(31-5)27-22(28-21(18)32-6)29(4)10-9-24/h7-8,11-13H,9-10,24H2,1-6H3,(H,26,30). The lowest BCUT2D eigenvalue weighted by Gasteiger charge is -2.19. The summed E-state index contributed by atoms with van der Waals surface area (Å²) >= 11 is 0. The van der Waals surface area contributed by atoms with Crippen molar-refractivity contribution in [2.75, 3.05) is 44.6 Å². The number of nitrogens with zero attached hydrogens (tertiary/aromatic N) is 4. The number of oxazole rings is 1.